The Morgan fingerprint density at radius 2 is 1.86 bits per heavy atom. The van der Waals surface area contributed by atoms with Crippen LogP contribution in [0.4, 0.5) is 4.39 Å². The van der Waals surface area contributed by atoms with Gasteiger partial charge in [0.05, 0.1) is 22.9 Å². The first-order valence-corrected chi connectivity index (χ1v) is 7.37. The molecule has 3 nitrogen and oxygen atoms in total. The Labute approximate surface area is 130 Å². The van der Waals surface area contributed by atoms with Crippen LogP contribution in [-0.4, -0.2) is 9.97 Å². The number of fused-ring (bicyclic) bond motifs is 1. The van der Waals surface area contributed by atoms with Crippen LogP contribution in [0.3, 0.4) is 0 Å². The maximum Gasteiger partial charge on any atom is 0.127 e. The molecule has 0 bridgehead atoms. The Balaban J connectivity index is 1.67. The average molecular weight is 346 g/mol. The summed E-state index contributed by atoms with van der Waals surface area (Å²) in [5.74, 6) is -0.213. The van der Waals surface area contributed by atoms with Gasteiger partial charge in [0.2, 0.25) is 0 Å². The lowest BCUT2D eigenvalue weighted by Gasteiger charge is -2.07. The van der Waals surface area contributed by atoms with Crippen LogP contribution in [0.5, 0.6) is 0 Å². The fourth-order valence-corrected chi connectivity index (χ4v) is 2.49. The maximum absolute atomic E-state index is 13.6. The van der Waals surface area contributed by atoms with E-state index in [9.17, 15) is 4.39 Å². The molecule has 0 atom stereocenters. The summed E-state index contributed by atoms with van der Waals surface area (Å²) >= 11 is 3.34. The average Bonchev–Trinajstić information content (AvgIpc) is 2.50. The fraction of sp³-hybridized carbons (Fsp3) is 0.125. The molecule has 0 aliphatic rings. The first-order chi connectivity index (χ1) is 10.2. The van der Waals surface area contributed by atoms with Gasteiger partial charge in [-0.05, 0) is 30.3 Å². The van der Waals surface area contributed by atoms with E-state index in [-0.39, 0.29) is 5.82 Å². The number of nitrogens with one attached hydrogen (secondary N) is 1. The van der Waals surface area contributed by atoms with E-state index in [0.29, 0.717) is 18.7 Å². The highest BCUT2D eigenvalue weighted by Crippen LogP contribution is 2.15. The second-order valence-corrected chi connectivity index (χ2v) is 5.61. The second-order valence-electron chi connectivity index (χ2n) is 4.69. The molecule has 1 N–H and O–H groups in total. The highest BCUT2D eigenvalue weighted by molar-refractivity contribution is 9.10. The van der Waals surface area contributed by atoms with E-state index in [1.165, 1.54) is 6.07 Å². The maximum atomic E-state index is 13.6. The van der Waals surface area contributed by atoms with Crippen molar-refractivity contribution in [2.75, 3.05) is 0 Å². The molecule has 5 heteroatoms. The minimum absolute atomic E-state index is 0.213. The Kier molecular flexibility index (Phi) is 4.22. The molecule has 0 radical (unpaired) electrons. The number of nitrogens with zero attached hydrogens (tertiary/aromatic N) is 2. The van der Waals surface area contributed by atoms with E-state index in [1.807, 2.05) is 24.3 Å². The third-order valence-electron chi connectivity index (χ3n) is 3.13. The van der Waals surface area contributed by atoms with Gasteiger partial charge >= 0.3 is 0 Å². The Hall–Kier alpha value is -1.85. The molecule has 0 saturated heterocycles. The van der Waals surface area contributed by atoms with E-state index < -0.39 is 0 Å². The largest absolute Gasteiger partial charge is 0.307 e. The number of benzene rings is 2. The van der Waals surface area contributed by atoms with Crippen LogP contribution in [0.15, 0.2) is 53.1 Å². The van der Waals surface area contributed by atoms with E-state index in [2.05, 4.69) is 31.2 Å². The Bertz CT molecular complexity index is 776. The van der Waals surface area contributed by atoms with E-state index in [4.69, 9.17) is 0 Å². The van der Waals surface area contributed by atoms with Gasteiger partial charge in [0.15, 0.2) is 0 Å². The topological polar surface area (TPSA) is 37.8 Å². The smallest absolute Gasteiger partial charge is 0.127 e. The van der Waals surface area contributed by atoms with E-state index in [0.717, 1.165) is 21.2 Å². The lowest BCUT2D eigenvalue weighted by molar-refractivity contribution is 0.585. The van der Waals surface area contributed by atoms with Crippen molar-refractivity contribution in [1.82, 2.24) is 15.3 Å². The summed E-state index contributed by atoms with van der Waals surface area (Å²) in [6, 6.07) is 12.6. The predicted octanol–water partition coefficient (Wildman–Crippen LogP) is 3.82. The third kappa shape index (κ3) is 3.43. The molecule has 2 aromatic carbocycles. The van der Waals surface area contributed by atoms with Crippen LogP contribution in [0.1, 0.15) is 11.3 Å². The summed E-state index contributed by atoms with van der Waals surface area (Å²) in [5.41, 5.74) is 3.20. The van der Waals surface area contributed by atoms with Crippen LogP contribution in [0.25, 0.3) is 11.0 Å². The molecule has 3 rings (SSSR count). The van der Waals surface area contributed by atoms with Gasteiger partial charge < -0.3 is 5.32 Å². The lowest BCUT2D eigenvalue weighted by Crippen LogP contribution is -2.15. The summed E-state index contributed by atoms with van der Waals surface area (Å²) in [4.78, 5) is 8.87. The zero-order chi connectivity index (χ0) is 14.7. The van der Waals surface area contributed by atoms with Gasteiger partial charge in [-0.15, -0.1) is 0 Å². The molecule has 3 aromatic rings. The molecular formula is C16H13BrFN3. The molecule has 1 aromatic heterocycles. The molecule has 1 heterocycles. The quantitative estimate of drug-likeness (QED) is 0.780. The van der Waals surface area contributed by atoms with Crippen LogP contribution in [0, 0.1) is 5.82 Å². The van der Waals surface area contributed by atoms with Crippen molar-refractivity contribution in [3.63, 3.8) is 0 Å². The summed E-state index contributed by atoms with van der Waals surface area (Å²) < 4.78 is 14.5. The van der Waals surface area contributed by atoms with Crippen molar-refractivity contribution in [2.45, 2.75) is 13.1 Å². The van der Waals surface area contributed by atoms with Gasteiger partial charge in [-0.1, -0.05) is 28.1 Å². The number of halogens is 2. The van der Waals surface area contributed by atoms with Gasteiger partial charge in [0.25, 0.3) is 0 Å². The Morgan fingerprint density at radius 1 is 1.05 bits per heavy atom. The molecular weight excluding hydrogens is 333 g/mol. The lowest BCUT2D eigenvalue weighted by atomic mass is 10.2. The summed E-state index contributed by atoms with van der Waals surface area (Å²) in [6.45, 7) is 0.990. The van der Waals surface area contributed by atoms with Gasteiger partial charge in [0.1, 0.15) is 5.82 Å². The minimum Gasteiger partial charge on any atom is -0.307 e. The highest BCUT2D eigenvalue weighted by Gasteiger charge is 2.03. The van der Waals surface area contributed by atoms with Crippen molar-refractivity contribution < 1.29 is 4.39 Å². The third-order valence-corrected chi connectivity index (χ3v) is 3.62. The van der Waals surface area contributed by atoms with Crippen LogP contribution >= 0.6 is 15.9 Å². The molecule has 0 amide bonds. The number of rotatable bonds is 4. The minimum atomic E-state index is -0.213. The zero-order valence-electron chi connectivity index (χ0n) is 11.2. The monoisotopic (exact) mass is 345 g/mol. The SMILES string of the molecule is Fc1ccc(Br)cc1CNCc1cnc2ccccc2n1. The molecule has 106 valence electrons. The normalized spacial score (nSPS) is 11.0. The van der Waals surface area contributed by atoms with Gasteiger partial charge in [-0.25, -0.2) is 9.37 Å². The highest BCUT2D eigenvalue weighted by atomic mass is 79.9. The first kappa shape index (κ1) is 14.1. The number of aromatic nitrogens is 2. The second kappa shape index (κ2) is 6.28. The van der Waals surface area contributed by atoms with Gasteiger partial charge in [-0.2, -0.15) is 0 Å². The molecule has 0 saturated carbocycles. The van der Waals surface area contributed by atoms with E-state index >= 15 is 0 Å². The zero-order valence-corrected chi connectivity index (χ0v) is 12.8. The summed E-state index contributed by atoms with van der Waals surface area (Å²) in [6.07, 6.45) is 1.74. The molecule has 0 aliphatic heterocycles. The fourth-order valence-electron chi connectivity index (χ4n) is 2.08. The van der Waals surface area contributed by atoms with Crippen molar-refractivity contribution in [3.8, 4) is 0 Å². The standard InChI is InChI=1S/C16H13BrFN3/c17-12-5-6-14(18)11(7-12)8-19-9-13-10-20-15-3-1-2-4-16(15)21-13/h1-7,10,19H,8-9H2. The van der Waals surface area contributed by atoms with Crippen molar-refractivity contribution in [1.29, 1.82) is 0 Å². The predicted molar refractivity (Wildman–Crippen MR) is 84.2 cm³/mol. The van der Waals surface area contributed by atoms with Crippen LogP contribution in [-0.2, 0) is 13.1 Å². The molecule has 0 unspecified atom stereocenters. The molecule has 0 fully saturated rings. The molecule has 21 heavy (non-hydrogen) atoms. The first-order valence-electron chi connectivity index (χ1n) is 6.58. The number of hydrogen-bond acceptors (Lipinski definition) is 3. The van der Waals surface area contributed by atoms with Gasteiger partial charge in [-0.3, -0.25) is 4.98 Å². The van der Waals surface area contributed by atoms with Gasteiger partial charge in [0, 0.05) is 23.1 Å². The van der Waals surface area contributed by atoms with E-state index in [1.54, 1.807) is 18.3 Å². The molecule has 0 aliphatic carbocycles. The summed E-state index contributed by atoms with van der Waals surface area (Å²) in [5, 5.41) is 3.19. The molecule has 0 spiro atoms. The number of hydrogen-bond donors (Lipinski definition) is 1. The summed E-state index contributed by atoms with van der Waals surface area (Å²) in [7, 11) is 0. The van der Waals surface area contributed by atoms with Crippen LogP contribution < -0.4 is 5.32 Å². The van der Waals surface area contributed by atoms with Crippen molar-refractivity contribution in [3.05, 3.63) is 70.2 Å². The van der Waals surface area contributed by atoms with Crippen LogP contribution in [0.2, 0.25) is 0 Å². The number of para-hydroxylation sites is 2. The Morgan fingerprint density at radius 3 is 2.71 bits per heavy atom. The van der Waals surface area contributed by atoms with Crippen molar-refractivity contribution >= 4 is 27.0 Å². The van der Waals surface area contributed by atoms with Crippen molar-refractivity contribution in [2.24, 2.45) is 0 Å².